The molecule has 0 atom stereocenters. The highest BCUT2D eigenvalue weighted by atomic mass is 16.5. The first-order chi connectivity index (χ1) is 12.9. The summed E-state index contributed by atoms with van der Waals surface area (Å²) in [7, 11) is 0. The zero-order valence-electron chi connectivity index (χ0n) is 16.8. The largest absolute Gasteiger partial charge is 0.356 e. The van der Waals surface area contributed by atoms with Crippen LogP contribution in [0.15, 0.2) is 28.8 Å². The molecular formula is C21H30N4O2. The SMILES string of the molecule is CCNC(=O)C1CCN(Cc2nc(-c3ccc(C(C)(C)C)cc3)no2)CC1. The van der Waals surface area contributed by atoms with E-state index in [1.54, 1.807) is 0 Å². The molecule has 0 spiro atoms. The van der Waals surface area contributed by atoms with Crippen LogP contribution in [0.4, 0.5) is 0 Å². The number of nitrogens with one attached hydrogen (secondary N) is 1. The Balaban J connectivity index is 1.57. The van der Waals surface area contributed by atoms with Gasteiger partial charge in [0.15, 0.2) is 0 Å². The summed E-state index contributed by atoms with van der Waals surface area (Å²) in [6, 6.07) is 8.34. The Hall–Kier alpha value is -2.21. The molecule has 1 amide bonds. The molecule has 146 valence electrons. The lowest BCUT2D eigenvalue weighted by atomic mass is 9.87. The molecule has 3 rings (SSSR count). The molecule has 0 saturated carbocycles. The van der Waals surface area contributed by atoms with Crippen LogP contribution in [-0.4, -0.2) is 40.6 Å². The predicted molar refractivity (Wildman–Crippen MR) is 105 cm³/mol. The van der Waals surface area contributed by atoms with Gasteiger partial charge >= 0.3 is 0 Å². The molecule has 2 heterocycles. The van der Waals surface area contributed by atoms with Crippen molar-refractivity contribution in [1.29, 1.82) is 0 Å². The summed E-state index contributed by atoms with van der Waals surface area (Å²) in [6.07, 6.45) is 1.75. The number of nitrogens with zero attached hydrogens (tertiary/aromatic N) is 3. The Morgan fingerprint density at radius 2 is 1.89 bits per heavy atom. The minimum absolute atomic E-state index is 0.126. The molecule has 27 heavy (non-hydrogen) atoms. The topological polar surface area (TPSA) is 71.3 Å². The van der Waals surface area contributed by atoms with Crippen molar-refractivity contribution < 1.29 is 9.32 Å². The van der Waals surface area contributed by atoms with E-state index in [1.807, 2.05) is 19.1 Å². The minimum atomic E-state index is 0.126. The van der Waals surface area contributed by atoms with Crippen molar-refractivity contribution in [3.8, 4) is 11.4 Å². The molecule has 1 aromatic heterocycles. The number of carbonyl (C=O) groups excluding carboxylic acids is 1. The van der Waals surface area contributed by atoms with E-state index in [4.69, 9.17) is 4.52 Å². The lowest BCUT2D eigenvalue weighted by Gasteiger charge is -2.30. The van der Waals surface area contributed by atoms with Crippen LogP contribution < -0.4 is 5.32 Å². The highest BCUT2D eigenvalue weighted by Crippen LogP contribution is 2.25. The van der Waals surface area contributed by atoms with Gasteiger partial charge in [0, 0.05) is 18.0 Å². The van der Waals surface area contributed by atoms with E-state index in [9.17, 15) is 4.79 Å². The van der Waals surface area contributed by atoms with Crippen molar-refractivity contribution in [1.82, 2.24) is 20.4 Å². The summed E-state index contributed by atoms with van der Waals surface area (Å²) in [5, 5.41) is 7.05. The number of benzene rings is 1. The van der Waals surface area contributed by atoms with E-state index >= 15 is 0 Å². The van der Waals surface area contributed by atoms with Gasteiger partial charge in [0.1, 0.15) is 0 Å². The average Bonchev–Trinajstić information content (AvgIpc) is 3.10. The second kappa shape index (κ2) is 8.21. The minimum Gasteiger partial charge on any atom is -0.356 e. The Morgan fingerprint density at radius 1 is 1.22 bits per heavy atom. The van der Waals surface area contributed by atoms with Gasteiger partial charge in [-0.05, 0) is 43.8 Å². The molecule has 0 aliphatic carbocycles. The predicted octanol–water partition coefficient (Wildman–Crippen LogP) is 3.38. The summed E-state index contributed by atoms with van der Waals surface area (Å²) < 4.78 is 5.45. The van der Waals surface area contributed by atoms with Gasteiger partial charge < -0.3 is 9.84 Å². The van der Waals surface area contributed by atoms with E-state index in [-0.39, 0.29) is 17.2 Å². The Kier molecular flexibility index (Phi) is 5.95. The fourth-order valence-electron chi connectivity index (χ4n) is 3.42. The van der Waals surface area contributed by atoms with E-state index in [0.717, 1.165) is 31.5 Å². The zero-order valence-corrected chi connectivity index (χ0v) is 16.8. The maximum Gasteiger partial charge on any atom is 0.241 e. The van der Waals surface area contributed by atoms with Gasteiger partial charge in [0.2, 0.25) is 17.6 Å². The summed E-state index contributed by atoms with van der Waals surface area (Å²) in [5.74, 6) is 1.56. The first kappa shape index (κ1) is 19.5. The maximum atomic E-state index is 11.9. The summed E-state index contributed by atoms with van der Waals surface area (Å²) in [5.41, 5.74) is 2.37. The van der Waals surface area contributed by atoms with Crippen LogP contribution in [0.3, 0.4) is 0 Å². The molecular weight excluding hydrogens is 340 g/mol. The molecule has 6 heteroatoms. The quantitative estimate of drug-likeness (QED) is 0.874. The number of likely N-dealkylation sites (tertiary alicyclic amines) is 1. The van der Waals surface area contributed by atoms with Crippen molar-refractivity contribution >= 4 is 5.91 Å². The van der Waals surface area contributed by atoms with Crippen molar-refractivity contribution in [2.75, 3.05) is 19.6 Å². The van der Waals surface area contributed by atoms with Crippen LogP contribution in [0.25, 0.3) is 11.4 Å². The number of carbonyl (C=O) groups is 1. The molecule has 1 saturated heterocycles. The fraction of sp³-hybridized carbons (Fsp3) is 0.571. The van der Waals surface area contributed by atoms with Crippen molar-refractivity contribution in [2.45, 2.75) is 52.5 Å². The molecule has 1 aromatic carbocycles. The van der Waals surface area contributed by atoms with Gasteiger partial charge in [-0.15, -0.1) is 0 Å². The molecule has 2 aromatic rings. The van der Waals surface area contributed by atoms with Crippen molar-refractivity contribution in [3.63, 3.8) is 0 Å². The molecule has 1 N–H and O–H groups in total. The van der Waals surface area contributed by atoms with Gasteiger partial charge in [-0.25, -0.2) is 0 Å². The summed E-state index contributed by atoms with van der Waals surface area (Å²) in [6.45, 7) is 11.6. The number of amides is 1. The number of rotatable bonds is 5. The van der Waals surface area contributed by atoms with E-state index in [0.29, 0.717) is 24.8 Å². The van der Waals surface area contributed by atoms with Gasteiger partial charge in [0.05, 0.1) is 6.54 Å². The lowest BCUT2D eigenvalue weighted by molar-refractivity contribution is -0.126. The van der Waals surface area contributed by atoms with Gasteiger partial charge in [-0.2, -0.15) is 4.98 Å². The Bertz CT molecular complexity index is 753. The smallest absolute Gasteiger partial charge is 0.241 e. The second-order valence-corrected chi connectivity index (χ2v) is 8.28. The second-order valence-electron chi connectivity index (χ2n) is 8.28. The third-order valence-corrected chi connectivity index (χ3v) is 5.15. The van der Waals surface area contributed by atoms with Crippen molar-refractivity contribution in [3.05, 3.63) is 35.7 Å². The third kappa shape index (κ3) is 4.95. The van der Waals surface area contributed by atoms with Crippen LogP contribution in [0.2, 0.25) is 0 Å². The molecule has 1 fully saturated rings. The van der Waals surface area contributed by atoms with Crippen LogP contribution in [0, 0.1) is 5.92 Å². The molecule has 0 radical (unpaired) electrons. The molecule has 0 bridgehead atoms. The van der Waals surface area contributed by atoms with E-state index < -0.39 is 0 Å². The first-order valence-corrected chi connectivity index (χ1v) is 9.80. The number of piperidine rings is 1. The van der Waals surface area contributed by atoms with Gasteiger partial charge in [-0.1, -0.05) is 50.2 Å². The van der Waals surface area contributed by atoms with E-state index in [2.05, 4.69) is 53.3 Å². The van der Waals surface area contributed by atoms with Crippen LogP contribution in [-0.2, 0) is 16.8 Å². The van der Waals surface area contributed by atoms with Crippen LogP contribution in [0.1, 0.15) is 52.0 Å². The van der Waals surface area contributed by atoms with Crippen molar-refractivity contribution in [2.24, 2.45) is 5.92 Å². The normalized spacial score (nSPS) is 16.4. The first-order valence-electron chi connectivity index (χ1n) is 9.80. The number of hydrogen-bond acceptors (Lipinski definition) is 5. The van der Waals surface area contributed by atoms with Crippen LogP contribution in [0.5, 0.6) is 0 Å². The number of hydrogen-bond donors (Lipinski definition) is 1. The molecule has 1 aliphatic rings. The maximum absolute atomic E-state index is 11.9. The van der Waals surface area contributed by atoms with Crippen LogP contribution >= 0.6 is 0 Å². The summed E-state index contributed by atoms with van der Waals surface area (Å²) >= 11 is 0. The monoisotopic (exact) mass is 370 g/mol. The lowest BCUT2D eigenvalue weighted by Crippen LogP contribution is -2.40. The fourth-order valence-corrected chi connectivity index (χ4v) is 3.42. The highest BCUT2D eigenvalue weighted by molar-refractivity contribution is 5.78. The van der Waals surface area contributed by atoms with Gasteiger partial charge in [0.25, 0.3) is 0 Å². The molecule has 6 nitrogen and oxygen atoms in total. The summed E-state index contributed by atoms with van der Waals surface area (Å²) in [4.78, 5) is 18.8. The van der Waals surface area contributed by atoms with Gasteiger partial charge in [-0.3, -0.25) is 9.69 Å². The number of aromatic nitrogens is 2. The Morgan fingerprint density at radius 3 is 2.48 bits per heavy atom. The third-order valence-electron chi connectivity index (χ3n) is 5.15. The highest BCUT2D eigenvalue weighted by Gasteiger charge is 2.25. The van der Waals surface area contributed by atoms with E-state index in [1.165, 1.54) is 5.56 Å². The molecule has 0 unspecified atom stereocenters. The average molecular weight is 370 g/mol. The zero-order chi connectivity index (χ0) is 19.4. The standard InChI is InChI=1S/C21H30N4O2/c1-5-22-20(26)16-10-12-25(13-11-16)14-18-23-19(24-27-18)15-6-8-17(9-7-15)21(2,3)4/h6-9,16H,5,10-14H2,1-4H3,(H,22,26). The Labute approximate surface area is 161 Å². The molecule has 1 aliphatic heterocycles.